The molecule has 2 rings (SSSR count). The highest BCUT2D eigenvalue weighted by Gasteiger charge is 2.37. The maximum absolute atomic E-state index is 11.0. The molecule has 0 bridgehead atoms. The van der Waals surface area contributed by atoms with Gasteiger partial charge in [-0.15, -0.1) is 0 Å². The first-order valence-corrected chi connectivity index (χ1v) is 4.60. The van der Waals surface area contributed by atoms with Gasteiger partial charge in [-0.05, 0) is 19.4 Å². The van der Waals surface area contributed by atoms with Crippen LogP contribution in [0.2, 0.25) is 0 Å². The van der Waals surface area contributed by atoms with Crippen molar-refractivity contribution in [1.82, 2.24) is 0 Å². The number of benzene rings is 1. The van der Waals surface area contributed by atoms with Crippen molar-refractivity contribution in [3.8, 4) is 5.75 Å². The summed E-state index contributed by atoms with van der Waals surface area (Å²) in [5.41, 5.74) is 1.79. The summed E-state index contributed by atoms with van der Waals surface area (Å²) in [6.45, 7) is 3.72. The third-order valence-electron chi connectivity index (χ3n) is 2.62. The summed E-state index contributed by atoms with van der Waals surface area (Å²) in [5.74, 6) is -0.598. The highest BCUT2D eigenvalue weighted by Crippen LogP contribution is 2.40. The molecule has 1 heterocycles. The number of carboxylic acids is 1. The van der Waals surface area contributed by atoms with Crippen molar-refractivity contribution in [3.05, 3.63) is 29.3 Å². The topological polar surface area (TPSA) is 46.5 Å². The van der Waals surface area contributed by atoms with Crippen molar-refractivity contribution in [1.29, 1.82) is 0 Å². The number of aryl methyl sites for hydroxylation is 1. The van der Waals surface area contributed by atoms with Crippen molar-refractivity contribution in [3.63, 3.8) is 0 Å². The minimum Gasteiger partial charge on any atom is -0.489 e. The molecule has 0 fully saturated rings. The Bertz CT molecular complexity index is 384. The predicted octanol–water partition coefficient (Wildman–Crippen LogP) is 1.94. The quantitative estimate of drug-likeness (QED) is 0.739. The Labute approximate surface area is 82.3 Å². The minimum atomic E-state index is -0.818. The Morgan fingerprint density at radius 2 is 2.21 bits per heavy atom. The molecular weight excluding hydrogens is 180 g/mol. The monoisotopic (exact) mass is 192 g/mol. The van der Waals surface area contributed by atoms with Gasteiger partial charge in [0.2, 0.25) is 0 Å². The van der Waals surface area contributed by atoms with Gasteiger partial charge in [0, 0.05) is 5.56 Å². The third kappa shape index (κ3) is 1.16. The Balaban J connectivity index is 2.53. The average molecular weight is 192 g/mol. The number of carboxylic acid groups (broad SMARTS) is 1. The molecule has 2 unspecified atom stereocenters. The molecule has 2 atom stereocenters. The predicted molar refractivity (Wildman–Crippen MR) is 51.6 cm³/mol. The largest absolute Gasteiger partial charge is 0.489 e. The number of aliphatic carboxylic acids is 1. The van der Waals surface area contributed by atoms with E-state index in [1.165, 1.54) is 0 Å². The van der Waals surface area contributed by atoms with E-state index >= 15 is 0 Å². The molecule has 3 nitrogen and oxygen atoms in total. The lowest BCUT2D eigenvalue weighted by molar-refractivity contribution is -0.140. The van der Waals surface area contributed by atoms with Crippen LogP contribution in [-0.4, -0.2) is 17.2 Å². The van der Waals surface area contributed by atoms with E-state index < -0.39 is 11.9 Å². The lowest BCUT2D eigenvalue weighted by Gasteiger charge is -2.08. The normalized spacial score (nSPS) is 24.1. The number of rotatable bonds is 1. The number of ether oxygens (including phenoxy) is 1. The van der Waals surface area contributed by atoms with Crippen LogP contribution in [0.15, 0.2) is 18.2 Å². The van der Waals surface area contributed by atoms with E-state index in [0.29, 0.717) is 0 Å². The molecule has 1 aromatic carbocycles. The molecular formula is C11H12O3. The second-order valence-corrected chi connectivity index (χ2v) is 3.63. The van der Waals surface area contributed by atoms with Crippen LogP contribution in [0.25, 0.3) is 0 Å². The maximum atomic E-state index is 11.0. The van der Waals surface area contributed by atoms with Gasteiger partial charge in [-0.2, -0.15) is 0 Å². The van der Waals surface area contributed by atoms with Crippen LogP contribution in [-0.2, 0) is 4.79 Å². The summed E-state index contributed by atoms with van der Waals surface area (Å²) < 4.78 is 5.53. The van der Waals surface area contributed by atoms with E-state index in [4.69, 9.17) is 9.84 Å². The van der Waals surface area contributed by atoms with E-state index in [0.717, 1.165) is 16.9 Å². The van der Waals surface area contributed by atoms with Gasteiger partial charge in [0.05, 0.1) is 0 Å². The summed E-state index contributed by atoms with van der Waals surface area (Å²) in [5, 5.41) is 9.04. The molecule has 0 aromatic heterocycles. The van der Waals surface area contributed by atoms with Gasteiger partial charge >= 0.3 is 5.97 Å². The minimum absolute atomic E-state index is 0.274. The van der Waals surface area contributed by atoms with Gasteiger partial charge in [-0.25, -0.2) is 0 Å². The van der Waals surface area contributed by atoms with Crippen LogP contribution >= 0.6 is 0 Å². The molecule has 0 spiro atoms. The van der Waals surface area contributed by atoms with Crippen LogP contribution < -0.4 is 4.74 Å². The molecule has 0 radical (unpaired) electrons. The van der Waals surface area contributed by atoms with Gasteiger partial charge in [0.25, 0.3) is 0 Å². The summed E-state index contributed by atoms with van der Waals surface area (Å²) >= 11 is 0. The Kier molecular flexibility index (Phi) is 1.95. The molecule has 0 amide bonds. The number of carbonyl (C=O) groups is 1. The van der Waals surface area contributed by atoms with Crippen molar-refractivity contribution in [2.24, 2.45) is 0 Å². The smallest absolute Gasteiger partial charge is 0.314 e. The van der Waals surface area contributed by atoms with Crippen LogP contribution in [0.3, 0.4) is 0 Å². The SMILES string of the molecule is Cc1cccc2c1OC(C)C2C(=O)O. The highest BCUT2D eigenvalue weighted by molar-refractivity contribution is 5.79. The summed E-state index contributed by atoms with van der Waals surface area (Å²) in [4.78, 5) is 11.0. The molecule has 1 aliphatic rings. The summed E-state index contributed by atoms with van der Waals surface area (Å²) in [7, 11) is 0. The van der Waals surface area contributed by atoms with Crippen LogP contribution in [0, 0.1) is 6.92 Å². The van der Waals surface area contributed by atoms with Gasteiger partial charge in [0.15, 0.2) is 0 Å². The van der Waals surface area contributed by atoms with Crippen LogP contribution in [0.4, 0.5) is 0 Å². The molecule has 1 N–H and O–H groups in total. The molecule has 1 aliphatic heterocycles. The molecule has 1 aromatic rings. The number of hydrogen-bond acceptors (Lipinski definition) is 2. The first kappa shape index (κ1) is 9.06. The molecule has 0 saturated carbocycles. The summed E-state index contributed by atoms with van der Waals surface area (Å²) in [6.07, 6.45) is -0.274. The van der Waals surface area contributed by atoms with E-state index in [1.807, 2.05) is 25.1 Å². The lowest BCUT2D eigenvalue weighted by Crippen LogP contribution is -2.21. The summed E-state index contributed by atoms with van der Waals surface area (Å²) in [6, 6.07) is 5.62. The highest BCUT2D eigenvalue weighted by atomic mass is 16.5. The molecule has 74 valence electrons. The third-order valence-corrected chi connectivity index (χ3v) is 2.62. The second kappa shape index (κ2) is 3.01. The van der Waals surface area contributed by atoms with Crippen molar-refractivity contribution >= 4 is 5.97 Å². The van der Waals surface area contributed by atoms with Crippen molar-refractivity contribution in [2.45, 2.75) is 25.9 Å². The first-order valence-electron chi connectivity index (χ1n) is 4.60. The number of fused-ring (bicyclic) bond motifs is 1. The number of para-hydroxylation sites is 1. The molecule has 0 aliphatic carbocycles. The van der Waals surface area contributed by atoms with E-state index in [9.17, 15) is 4.79 Å². The zero-order valence-corrected chi connectivity index (χ0v) is 8.15. The van der Waals surface area contributed by atoms with E-state index in [-0.39, 0.29) is 6.10 Å². The Morgan fingerprint density at radius 1 is 1.50 bits per heavy atom. The first-order chi connectivity index (χ1) is 6.61. The molecule has 0 saturated heterocycles. The fraction of sp³-hybridized carbons (Fsp3) is 0.364. The van der Waals surface area contributed by atoms with E-state index in [2.05, 4.69) is 0 Å². The molecule has 14 heavy (non-hydrogen) atoms. The lowest BCUT2D eigenvalue weighted by atomic mass is 9.95. The standard InChI is InChI=1S/C11H12O3/c1-6-4-3-5-8-9(11(12)13)7(2)14-10(6)8/h3-5,7,9H,1-2H3,(H,12,13). The zero-order valence-electron chi connectivity index (χ0n) is 8.15. The van der Waals surface area contributed by atoms with E-state index in [1.54, 1.807) is 6.92 Å². The average Bonchev–Trinajstić information content (AvgIpc) is 2.42. The van der Waals surface area contributed by atoms with Gasteiger partial charge in [-0.1, -0.05) is 18.2 Å². The Hall–Kier alpha value is -1.51. The van der Waals surface area contributed by atoms with Gasteiger partial charge < -0.3 is 9.84 Å². The van der Waals surface area contributed by atoms with Gasteiger partial charge in [-0.3, -0.25) is 4.79 Å². The fourth-order valence-corrected chi connectivity index (χ4v) is 1.92. The second-order valence-electron chi connectivity index (χ2n) is 3.63. The van der Waals surface area contributed by atoms with Crippen molar-refractivity contribution in [2.75, 3.05) is 0 Å². The Morgan fingerprint density at radius 3 is 2.86 bits per heavy atom. The van der Waals surface area contributed by atoms with Crippen molar-refractivity contribution < 1.29 is 14.6 Å². The zero-order chi connectivity index (χ0) is 10.3. The van der Waals surface area contributed by atoms with Crippen LogP contribution in [0.1, 0.15) is 24.0 Å². The fourth-order valence-electron chi connectivity index (χ4n) is 1.92. The molecule has 3 heteroatoms. The maximum Gasteiger partial charge on any atom is 0.314 e. The van der Waals surface area contributed by atoms with Gasteiger partial charge in [0.1, 0.15) is 17.8 Å². The number of hydrogen-bond donors (Lipinski definition) is 1. The van der Waals surface area contributed by atoms with Crippen LogP contribution in [0.5, 0.6) is 5.75 Å².